The highest BCUT2D eigenvalue weighted by Crippen LogP contribution is 2.20. The molecule has 1 atom stereocenters. The molecule has 0 aliphatic carbocycles. The average Bonchev–Trinajstić information content (AvgIpc) is 3.39. The Morgan fingerprint density at radius 3 is 0.653 bits per heavy atom. The fourth-order valence-electron chi connectivity index (χ4n) is 10.8. The quantitative estimate of drug-likeness (QED) is 0.0343. The maximum atomic E-state index is 12.9. The number of rotatable bonds is 63. The minimum atomic E-state index is -0.764. The van der Waals surface area contributed by atoms with Crippen LogP contribution >= 0.6 is 0 Å². The Morgan fingerprint density at radius 2 is 0.440 bits per heavy atom. The van der Waals surface area contributed by atoms with E-state index in [1.807, 2.05) is 0 Å². The van der Waals surface area contributed by atoms with E-state index in [-0.39, 0.29) is 31.1 Å². The van der Waals surface area contributed by atoms with Crippen LogP contribution in [0.25, 0.3) is 0 Å². The van der Waals surface area contributed by atoms with Gasteiger partial charge in [0.05, 0.1) is 0 Å². The molecule has 446 valence electrons. The van der Waals surface area contributed by atoms with Crippen molar-refractivity contribution in [1.82, 2.24) is 0 Å². The Balaban J connectivity index is 4.27. The molecule has 0 bridgehead atoms. The number of esters is 3. The van der Waals surface area contributed by atoms with Gasteiger partial charge in [-0.1, -0.05) is 356 Å². The first-order chi connectivity index (χ1) is 36.7. The summed E-state index contributed by atoms with van der Waals surface area (Å²) in [7, 11) is 0. The molecular formula is C69H134O6. The van der Waals surface area contributed by atoms with Gasteiger partial charge in [0.15, 0.2) is 6.10 Å². The van der Waals surface area contributed by atoms with Crippen LogP contribution in [0.1, 0.15) is 394 Å². The molecule has 6 heteroatoms. The third-order valence-electron chi connectivity index (χ3n) is 16.0. The number of hydrogen-bond acceptors (Lipinski definition) is 6. The summed E-state index contributed by atoms with van der Waals surface area (Å²) in [6.45, 7) is 11.5. The molecule has 0 aromatic rings. The predicted molar refractivity (Wildman–Crippen MR) is 326 cm³/mol. The maximum absolute atomic E-state index is 12.9. The molecule has 0 rings (SSSR count). The van der Waals surface area contributed by atoms with Gasteiger partial charge in [0.1, 0.15) is 13.2 Å². The topological polar surface area (TPSA) is 78.9 Å². The summed E-state index contributed by atoms with van der Waals surface area (Å²) in [5.74, 6) is 0.876. The Kier molecular flexibility index (Phi) is 60.3. The molecule has 0 spiro atoms. The lowest BCUT2D eigenvalue weighted by atomic mass is 10.0. The number of unbranched alkanes of at least 4 members (excludes halogenated alkanes) is 48. The molecule has 0 saturated heterocycles. The van der Waals surface area contributed by atoms with Gasteiger partial charge < -0.3 is 14.2 Å². The van der Waals surface area contributed by atoms with Crippen molar-refractivity contribution in [2.45, 2.75) is 400 Å². The minimum Gasteiger partial charge on any atom is -0.462 e. The van der Waals surface area contributed by atoms with E-state index in [2.05, 4.69) is 34.6 Å². The van der Waals surface area contributed by atoms with Gasteiger partial charge in [-0.15, -0.1) is 0 Å². The normalized spacial score (nSPS) is 12.0. The molecule has 0 amide bonds. The van der Waals surface area contributed by atoms with Crippen molar-refractivity contribution in [2.24, 2.45) is 11.8 Å². The average molecular weight is 1060 g/mol. The van der Waals surface area contributed by atoms with Crippen molar-refractivity contribution in [3.8, 4) is 0 Å². The highest BCUT2D eigenvalue weighted by atomic mass is 16.6. The molecule has 6 nitrogen and oxygen atoms in total. The summed E-state index contributed by atoms with van der Waals surface area (Å²) in [6, 6.07) is 0. The van der Waals surface area contributed by atoms with E-state index in [9.17, 15) is 14.4 Å². The second-order valence-corrected chi connectivity index (χ2v) is 24.8. The lowest BCUT2D eigenvalue weighted by molar-refractivity contribution is -0.167. The van der Waals surface area contributed by atoms with Gasteiger partial charge >= 0.3 is 17.9 Å². The Morgan fingerprint density at radius 1 is 0.253 bits per heavy atom. The Hall–Kier alpha value is -1.59. The van der Waals surface area contributed by atoms with E-state index in [0.29, 0.717) is 19.3 Å². The molecule has 75 heavy (non-hydrogen) atoms. The zero-order chi connectivity index (χ0) is 54.6. The Bertz CT molecular complexity index is 1150. The van der Waals surface area contributed by atoms with Gasteiger partial charge in [-0.2, -0.15) is 0 Å². The summed E-state index contributed by atoms with van der Waals surface area (Å²) in [5.41, 5.74) is 0. The second-order valence-electron chi connectivity index (χ2n) is 24.8. The van der Waals surface area contributed by atoms with Crippen molar-refractivity contribution >= 4 is 17.9 Å². The highest BCUT2D eigenvalue weighted by molar-refractivity contribution is 5.71. The van der Waals surface area contributed by atoms with E-state index in [4.69, 9.17) is 14.2 Å². The first-order valence-corrected chi connectivity index (χ1v) is 34.2. The van der Waals surface area contributed by atoms with Crippen LogP contribution in [-0.4, -0.2) is 37.2 Å². The van der Waals surface area contributed by atoms with Gasteiger partial charge in [0.25, 0.3) is 0 Å². The van der Waals surface area contributed by atoms with Crippen molar-refractivity contribution in [3.05, 3.63) is 0 Å². The summed E-state index contributed by atoms with van der Waals surface area (Å²) >= 11 is 0. The number of ether oxygens (including phenoxy) is 3. The fourth-order valence-corrected chi connectivity index (χ4v) is 10.8. The molecule has 0 aliphatic heterocycles. The summed E-state index contributed by atoms with van der Waals surface area (Å²) in [5, 5.41) is 0. The zero-order valence-electron chi connectivity index (χ0n) is 51.7. The molecule has 0 aliphatic rings. The SMILES string of the molecule is CCCCCCCCCCCCCCCCCCCCCC(=O)OC[C@H](COC(=O)CCCCCCCCCCCCCCCCCCCCC(C)C)OC(=O)CCCCCCCCCCCCCCCCC(C)C. The monoisotopic (exact) mass is 1060 g/mol. The zero-order valence-corrected chi connectivity index (χ0v) is 51.7. The van der Waals surface area contributed by atoms with Gasteiger partial charge in [-0.3, -0.25) is 14.4 Å². The Labute approximate surface area is 469 Å². The molecule has 0 aromatic carbocycles. The lowest BCUT2D eigenvalue weighted by Gasteiger charge is -2.18. The first-order valence-electron chi connectivity index (χ1n) is 34.2. The van der Waals surface area contributed by atoms with E-state index >= 15 is 0 Å². The van der Waals surface area contributed by atoms with E-state index in [0.717, 1.165) is 69.6 Å². The van der Waals surface area contributed by atoms with E-state index in [1.54, 1.807) is 0 Å². The minimum absolute atomic E-state index is 0.0614. The summed E-state index contributed by atoms with van der Waals surface area (Å²) in [6.07, 6.45) is 69.7. The maximum Gasteiger partial charge on any atom is 0.306 e. The molecule has 0 radical (unpaired) electrons. The third kappa shape index (κ3) is 63.1. The van der Waals surface area contributed by atoms with Crippen LogP contribution in [0.2, 0.25) is 0 Å². The second kappa shape index (κ2) is 61.6. The fraction of sp³-hybridized carbons (Fsp3) is 0.957. The van der Waals surface area contributed by atoms with Gasteiger partial charge in [-0.05, 0) is 31.1 Å². The van der Waals surface area contributed by atoms with Crippen molar-refractivity contribution < 1.29 is 28.6 Å². The van der Waals surface area contributed by atoms with E-state index in [1.165, 1.54) is 283 Å². The highest BCUT2D eigenvalue weighted by Gasteiger charge is 2.20. The van der Waals surface area contributed by atoms with E-state index < -0.39 is 6.10 Å². The number of carbonyl (C=O) groups is 3. The van der Waals surface area contributed by atoms with Crippen molar-refractivity contribution in [1.29, 1.82) is 0 Å². The standard InChI is InChI=1S/C69H134O6/c1-6-7-8-9-10-11-12-13-14-15-16-20-23-29-34-39-44-49-54-59-67(70)73-62-66(75-69(72)61-56-51-46-41-36-31-26-25-28-33-38-43-48-53-58-65(4)5)63-74-68(71)60-55-50-45-40-35-30-24-21-18-17-19-22-27-32-37-42-47-52-57-64(2)3/h64-66H,6-63H2,1-5H3/t66-/m1/s1. The smallest absolute Gasteiger partial charge is 0.306 e. The lowest BCUT2D eigenvalue weighted by Crippen LogP contribution is -2.30. The van der Waals surface area contributed by atoms with Crippen LogP contribution in [0.3, 0.4) is 0 Å². The third-order valence-corrected chi connectivity index (χ3v) is 16.0. The molecular weight excluding hydrogens is 925 g/mol. The van der Waals surface area contributed by atoms with Gasteiger partial charge in [-0.25, -0.2) is 0 Å². The van der Waals surface area contributed by atoms with Crippen LogP contribution in [0.5, 0.6) is 0 Å². The molecule has 0 aromatic heterocycles. The molecule has 0 unspecified atom stereocenters. The number of carbonyl (C=O) groups excluding carboxylic acids is 3. The number of hydrogen-bond donors (Lipinski definition) is 0. The van der Waals surface area contributed by atoms with Crippen LogP contribution < -0.4 is 0 Å². The summed E-state index contributed by atoms with van der Waals surface area (Å²) < 4.78 is 17.0. The van der Waals surface area contributed by atoms with Crippen molar-refractivity contribution in [3.63, 3.8) is 0 Å². The largest absolute Gasteiger partial charge is 0.462 e. The van der Waals surface area contributed by atoms with Crippen LogP contribution in [0, 0.1) is 11.8 Å². The van der Waals surface area contributed by atoms with Gasteiger partial charge in [0.2, 0.25) is 0 Å². The van der Waals surface area contributed by atoms with Crippen LogP contribution in [0.15, 0.2) is 0 Å². The van der Waals surface area contributed by atoms with Crippen LogP contribution in [0.4, 0.5) is 0 Å². The van der Waals surface area contributed by atoms with Crippen molar-refractivity contribution in [2.75, 3.05) is 13.2 Å². The molecule has 0 N–H and O–H groups in total. The summed E-state index contributed by atoms with van der Waals surface area (Å²) in [4.78, 5) is 38.4. The molecule has 0 saturated carbocycles. The van der Waals surface area contributed by atoms with Crippen LogP contribution in [-0.2, 0) is 28.6 Å². The predicted octanol–water partition coefficient (Wildman–Crippen LogP) is 23.2. The first kappa shape index (κ1) is 73.4. The molecule has 0 fully saturated rings. The molecule has 0 heterocycles. The van der Waals surface area contributed by atoms with Gasteiger partial charge in [0, 0.05) is 19.3 Å².